The van der Waals surface area contributed by atoms with Crippen molar-refractivity contribution < 1.29 is 5.11 Å². The number of halogens is 1. The van der Waals surface area contributed by atoms with Crippen LogP contribution in [0.4, 0.5) is 5.69 Å². The molecule has 9 heteroatoms. The molecule has 1 aliphatic heterocycles. The van der Waals surface area contributed by atoms with Crippen LogP contribution in [0.1, 0.15) is 34.7 Å². The molecule has 4 heterocycles. The van der Waals surface area contributed by atoms with Gasteiger partial charge in [-0.05, 0) is 68.0 Å². The highest BCUT2D eigenvalue weighted by atomic mass is 35.5. The molecule has 1 fully saturated rings. The Balaban J connectivity index is 1.71. The lowest BCUT2D eigenvalue weighted by molar-refractivity contribution is 0.472. The summed E-state index contributed by atoms with van der Waals surface area (Å²) in [7, 11) is 0. The quantitative estimate of drug-likeness (QED) is 0.376. The fourth-order valence-electron chi connectivity index (χ4n) is 4.33. The summed E-state index contributed by atoms with van der Waals surface area (Å²) < 4.78 is 2.15. The number of hydrogen-bond acceptors (Lipinski definition) is 5. The molecule has 162 valence electrons. The van der Waals surface area contributed by atoms with E-state index in [2.05, 4.69) is 39.8 Å². The van der Waals surface area contributed by atoms with E-state index in [1.165, 1.54) is 0 Å². The van der Waals surface area contributed by atoms with Gasteiger partial charge < -0.3 is 15.3 Å². The first-order valence-corrected chi connectivity index (χ1v) is 11.7. The fraction of sp³-hybridized carbons (Fsp3) is 0.174. The molecule has 1 saturated heterocycles. The van der Waals surface area contributed by atoms with Gasteiger partial charge in [0.25, 0.3) is 0 Å². The lowest BCUT2D eigenvalue weighted by atomic mass is 9.96. The van der Waals surface area contributed by atoms with Crippen LogP contribution in [0.25, 0.3) is 5.13 Å². The number of nitrogens with zero attached hydrogens (tertiary/aromatic N) is 4. The summed E-state index contributed by atoms with van der Waals surface area (Å²) in [6, 6.07) is 12.5. The number of aromatic nitrogens is 3. The number of aromatic hydroxyl groups is 1. The summed E-state index contributed by atoms with van der Waals surface area (Å²) >= 11 is 13.6. The van der Waals surface area contributed by atoms with Crippen LogP contribution in [-0.2, 0) is 0 Å². The molecular formula is C23H20ClN5OS2. The first-order valence-electron chi connectivity index (χ1n) is 10.0. The SMILES string of the molecule is Cc1cc(C2C(c3ccccn3)NC(=S)N2c2cc(Cl)ccc2O)c(C)n1-c1nccs1. The van der Waals surface area contributed by atoms with E-state index in [9.17, 15) is 5.11 Å². The molecule has 1 aromatic carbocycles. The molecule has 0 amide bonds. The summed E-state index contributed by atoms with van der Waals surface area (Å²) in [6.07, 6.45) is 3.58. The molecule has 5 rings (SSSR count). The Morgan fingerprint density at radius 3 is 2.69 bits per heavy atom. The molecule has 6 nitrogen and oxygen atoms in total. The van der Waals surface area contributed by atoms with Crippen LogP contribution in [0, 0.1) is 13.8 Å². The van der Waals surface area contributed by atoms with Gasteiger partial charge in [0.15, 0.2) is 10.2 Å². The van der Waals surface area contributed by atoms with Gasteiger partial charge in [0, 0.05) is 34.2 Å². The molecule has 32 heavy (non-hydrogen) atoms. The summed E-state index contributed by atoms with van der Waals surface area (Å²) in [6.45, 7) is 4.15. The Labute approximate surface area is 200 Å². The molecule has 2 N–H and O–H groups in total. The number of benzene rings is 1. The highest BCUT2D eigenvalue weighted by Gasteiger charge is 2.43. The molecule has 0 saturated carbocycles. The number of nitrogens with one attached hydrogen (secondary N) is 1. The summed E-state index contributed by atoms with van der Waals surface area (Å²) in [5, 5.41) is 18.0. The molecule has 2 unspecified atom stereocenters. The van der Waals surface area contributed by atoms with Crippen LogP contribution in [-0.4, -0.2) is 24.8 Å². The zero-order valence-corrected chi connectivity index (χ0v) is 19.7. The Bertz CT molecular complexity index is 1290. The number of pyridine rings is 1. The second-order valence-corrected chi connectivity index (χ2v) is 9.30. The molecular weight excluding hydrogens is 462 g/mol. The van der Waals surface area contributed by atoms with Crippen LogP contribution < -0.4 is 10.2 Å². The maximum atomic E-state index is 10.7. The van der Waals surface area contributed by atoms with Crippen molar-refractivity contribution in [2.24, 2.45) is 0 Å². The summed E-state index contributed by atoms with van der Waals surface area (Å²) in [5.74, 6) is 0.110. The third-order valence-corrected chi connectivity index (χ3v) is 7.00. The number of phenolic OH excluding ortho intramolecular Hbond substituents is 1. The number of rotatable bonds is 4. The summed E-state index contributed by atoms with van der Waals surface area (Å²) in [5.41, 5.74) is 4.61. The number of thiazole rings is 1. The standard InChI is InChI=1S/C23H20ClN5OS2/c1-13-11-16(14(2)28(13)23-26-9-10-32-23)21-20(17-5-3-4-8-25-17)27-22(31)29(21)18-12-15(24)6-7-19(18)30/h3-12,20-21,30H,1-2H3,(H,27,31). The second-order valence-electron chi connectivity index (χ2n) is 7.61. The monoisotopic (exact) mass is 481 g/mol. The fourth-order valence-corrected chi connectivity index (χ4v) is 5.58. The van der Waals surface area contributed by atoms with E-state index in [-0.39, 0.29) is 17.8 Å². The van der Waals surface area contributed by atoms with Crippen molar-refractivity contribution >= 4 is 46.0 Å². The Hall–Kier alpha value is -2.94. The molecule has 4 aromatic rings. The zero-order chi connectivity index (χ0) is 22.4. The lowest BCUT2D eigenvalue weighted by Crippen LogP contribution is -2.29. The van der Waals surface area contributed by atoms with Crippen LogP contribution in [0.15, 0.2) is 60.2 Å². The van der Waals surface area contributed by atoms with Crippen molar-refractivity contribution in [2.75, 3.05) is 4.90 Å². The average Bonchev–Trinajstić information content (AvgIpc) is 3.48. The maximum Gasteiger partial charge on any atom is 0.193 e. The average molecular weight is 482 g/mol. The topological polar surface area (TPSA) is 66.2 Å². The zero-order valence-electron chi connectivity index (χ0n) is 17.4. The van der Waals surface area contributed by atoms with Crippen molar-refractivity contribution in [3.8, 4) is 10.9 Å². The number of phenols is 1. The first-order chi connectivity index (χ1) is 15.5. The van der Waals surface area contributed by atoms with Crippen molar-refractivity contribution in [1.29, 1.82) is 0 Å². The normalized spacial score (nSPS) is 18.2. The second kappa shape index (κ2) is 8.20. The molecule has 0 spiro atoms. The van der Waals surface area contributed by atoms with Crippen molar-refractivity contribution in [2.45, 2.75) is 25.9 Å². The van der Waals surface area contributed by atoms with Crippen molar-refractivity contribution in [3.63, 3.8) is 0 Å². The van der Waals surface area contributed by atoms with E-state index >= 15 is 0 Å². The molecule has 0 bridgehead atoms. The van der Waals surface area contributed by atoms with Crippen molar-refractivity contribution in [3.05, 3.63) is 87.9 Å². The van der Waals surface area contributed by atoms with Crippen molar-refractivity contribution in [1.82, 2.24) is 19.9 Å². The van der Waals surface area contributed by atoms with E-state index in [0.29, 0.717) is 15.8 Å². The summed E-state index contributed by atoms with van der Waals surface area (Å²) in [4.78, 5) is 11.0. The van der Waals surface area contributed by atoms with Crippen LogP contribution >= 0.6 is 35.2 Å². The van der Waals surface area contributed by atoms with E-state index in [0.717, 1.165) is 27.8 Å². The van der Waals surface area contributed by atoms with Gasteiger partial charge in [0.05, 0.1) is 23.5 Å². The van der Waals surface area contributed by atoms with Gasteiger partial charge in [-0.3, -0.25) is 9.55 Å². The minimum Gasteiger partial charge on any atom is -0.506 e. The highest BCUT2D eigenvalue weighted by Crippen LogP contribution is 2.46. The number of hydrogen-bond donors (Lipinski definition) is 2. The Kier molecular flexibility index (Phi) is 5.36. The van der Waals surface area contributed by atoms with Gasteiger partial charge in [-0.1, -0.05) is 17.7 Å². The van der Waals surface area contributed by atoms with E-state index in [4.69, 9.17) is 23.8 Å². The molecule has 1 aliphatic rings. The molecule has 3 aromatic heterocycles. The van der Waals surface area contributed by atoms with Crippen LogP contribution in [0.3, 0.4) is 0 Å². The first kappa shape index (κ1) is 20.9. The highest BCUT2D eigenvalue weighted by molar-refractivity contribution is 7.80. The molecule has 0 aliphatic carbocycles. The maximum absolute atomic E-state index is 10.7. The van der Waals surface area contributed by atoms with Gasteiger partial charge in [-0.15, -0.1) is 11.3 Å². The van der Waals surface area contributed by atoms with Gasteiger partial charge in [0.2, 0.25) is 0 Å². The molecule has 2 atom stereocenters. The number of anilines is 1. The molecule has 0 radical (unpaired) electrons. The third kappa shape index (κ3) is 3.44. The number of aryl methyl sites for hydroxylation is 1. The lowest BCUT2D eigenvalue weighted by Gasteiger charge is -2.28. The Morgan fingerprint density at radius 2 is 1.97 bits per heavy atom. The largest absolute Gasteiger partial charge is 0.506 e. The van der Waals surface area contributed by atoms with Gasteiger partial charge >= 0.3 is 0 Å². The van der Waals surface area contributed by atoms with E-state index in [1.807, 2.05) is 28.5 Å². The number of thiocarbonyl (C=S) groups is 1. The van der Waals surface area contributed by atoms with Crippen LogP contribution in [0.2, 0.25) is 5.02 Å². The van der Waals surface area contributed by atoms with E-state index in [1.54, 1.807) is 41.9 Å². The smallest absolute Gasteiger partial charge is 0.193 e. The van der Waals surface area contributed by atoms with E-state index < -0.39 is 0 Å². The Morgan fingerprint density at radius 1 is 1.12 bits per heavy atom. The van der Waals surface area contributed by atoms with Gasteiger partial charge in [0.1, 0.15) is 5.75 Å². The van der Waals surface area contributed by atoms with Crippen LogP contribution in [0.5, 0.6) is 5.75 Å². The predicted molar refractivity (Wildman–Crippen MR) is 132 cm³/mol. The van der Waals surface area contributed by atoms with Gasteiger partial charge in [-0.2, -0.15) is 0 Å². The van der Waals surface area contributed by atoms with Gasteiger partial charge in [-0.25, -0.2) is 4.98 Å². The predicted octanol–water partition coefficient (Wildman–Crippen LogP) is 5.48. The third-order valence-electron chi connectivity index (χ3n) is 5.69. The minimum absolute atomic E-state index is 0.110. The minimum atomic E-state index is -0.248.